The van der Waals surface area contributed by atoms with Gasteiger partial charge in [-0.25, -0.2) is 0 Å². The molecule has 0 aromatic heterocycles. The smallest absolute Gasteiger partial charge is 0.187 e. The van der Waals surface area contributed by atoms with Crippen molar-refractivity contribution in [3.05, 3.63) is 0 Å². The topological polar surface area (TPSA) is 42.2 Å². The minimum Gasteiger partial charge on any atom is -0.346 e. The van der Waals surface area contributed by atoms with E-state index in [4.69, 9.17) is 9.47 Å². The van der Waals surface area contributed by atoms with Crippen molar-refractivity contribution < 1.29 is 9.47 Å². The Bertz CT molecular complexity index is 357. The number of hydrogen-bond acceptors (Lipinski definition) is 3. The Morgan fingerprint density at radius 3 is 1.89 bits per heavy atom. The Balaban J connectivity index is 1.71. The first-order chi connectivity index (χ1) is 8.75. The van der Waals surface area contributed by atoms with Crippen LogP contribution in [0.4, 0.5) is 0 Å². The van der Waals surface area contributed by atoms with E-state index >= 15 is 0 Å². The summed E-state index contributed by atoms with van der Waals surface area (Å²) in [5.41, 5.74) is 0.161. The van der Waals surface area contributed by atoms with E-state index in [2.05, 4.69) is 6.07 Å². The molecule has 0 unspecified atom stereocenters. The number of nitrogens with zero attached hydrogens (tertiary/aromatic N) is 1. The largest absolute Gasteiger partial charge is 0.346 e. The van der Waals surface area contributed by atoms with E-state index in [1.807, 2.05) is 0 Å². The molecule has 18 heavy (non-hydrogen) atoms. The van der Waals surface area contributed by atoms with Crippen molar-refractivity contribution in [1.29, 1.82) is 5.26 Å². The van der Waals surface area contributed by atoms with E-state index in [0.717, 1.165) is 17.8 Å². The summed E-state index contributed by atoms with van der Waals surface area (Å²) in [6.45, 7) is 1.34. The van der Waals surface area contributed by atoms with Crippen LogP contribution in [0.15, 0.2) is 0 Å². The second-order valence-electron chi connectivity index (χ2n) is 6.98. The van der Waals surface area contributed by atoms with Gasteiger partial charge in [0.1, 0.15) is 0 Å². The van der Waals surface area contributed by atoms with E-state index in [-0.39, 0.29) is 5.41 Å². The van der Waals surface area contributed by atoms with Gasteiger partial charge < -0.3 is 9.47 Å². The summed E-state index contributed by atoms with van der Waals surface area (Å²) >= 11 is 0. The molecule has 5 aliphatic rings. The molecule has 4 bridgehead atoms. The Morgan fingerprint density at radius 2 is 1.44 bits per heavy atom. The molecule has 98 valence electrons. The van der Waals surface area contributed by atoms with Crippen molar-refractivity contribution in [1.82, 2.24) is 0 Å². The Morgan fingerprint density at radius 1 is 0.944 bits per heavy atom. The van der Waals surface area contributed by atoms with Gasteiger partial charge in [0.05, 0.1) is 25.7 Å². The van der Waals surface area contributed by atoms with E-state index in [0.29, 0.717) is 19.6 Å². The van der Waals surface area contributed by atoms with Crippen LogP contribution in [-0.4, -0.2) is 19.0 Å². The van der Waals surface area contributed by atoms with Gasteiger partial charge in [0.2, 0.25) is 0 Å². The van der Waals surface area contributed by atoms with E-state index in [9.17, 15) is 5.26 Å². The van der Waals surface area contributed by atoms with E-state index in [1.54, 1.807) is 0 Å². The van der Waals surface area contributed by atoms with Crippen molar-refractivity contribution in [3.8, 4) is 6.07 Å². The van der Waals surface area contributed by atoms with Gasteiger partial charge in [-0.2, -0.15) is 5.26 Å². The second kappa shape index (κ2) is 3.71. The molecule has 0 aromatic carbocycles. The predicted octanol–water partition coefficient (Wildman–Crippen LogP) is 2.86. The molecule has 5 fully saturated rings. The van der Waals surface area contributed by atoms with Crippen molar-refractivity contribution in [2.24, 2.45) is 23.2 Å². The van der Waals surface area contributed by atoms with E-state index in [1.165, 1.54) is 38.5 Å². The lowest BCUT2D eigenvalue weighted by Crippen LogP contribution is -2.58. The predicted molar refractivity (Wildman–Crippen MR) is 65.5 cm³/mol. The number of ether oxygens (including phenoxy) is 2. The first-order valence-electron chi connectivity index (χ1n) is 7.40. The highest BCUT2D eigenvalue weighted by Gasteiger charge is 2.63. The second-order valence-corrected chi connectivity index (χ2v) is 6.98. The Hall–Kier alpha value is -0.590. The number of nitriles is 1. The van der Waals surface area contributed by atoms with Gasteiger partial charge in [-0.05, 0) is 56.3 Å². The van der Waals surface area contributed by atoms with Crippen LogP contribution >= 0.6 is 0 Å². The monoisotopic (exact) mass is 247 g/mol. The maximum atomic E-state index is 9.18. The molecule has 1 saturated heterocycles. The molecule has 3 nitrogen and oxygen atoms in total. The van der Waals surface area contributed by atoms with Gasteiger partial charge in [0.25, 0.3) is 0 Å². The van der Waals surface area contributed by atoms with Gasteiger partial charge in [-0.1, -0.05) is 0 Å². The van der Waals surface area contributed by atoms with Crippen LogP contribution in [-0.2, 0) is 9.47 Å². The normalized spacial score (nSPS) is 48.3. The van der Waals surface area contributed by atoms with Crippen molar-refractivity contribution in [2.45, 2.75) is 50.7 Å². The minimum absolute atomic E-state index is 0.161. The quantitative estimate of drug-likeness (QED) is 0.753. The highest BCUT2D eigenvalue weighted by atomic mass is 16.7. The molecule has 5 rings (SSSR count). The molecular weight excluding hydrogens is 226 g/mol. The van der Waals surface area contributed by atoms with Crippen molar-refractivity contribution >= 4 is 0 Å². The first kappa shape index (κ1) is 11.3. The summed E-state index contributed by atoms with van der Waals surface area (Å²) in [5.74, 6) is 2.07. The average molecular weight is 247 g/mol. The number of rotatable bonds is 2. The molecule has 0 atom stereocenters. The SMILES string of the molecule is N#CCC1(C23CC4CC(CC(C4)C2)C3)OCCO1. The maximum absolute atomic E-state index is 9.18. The average Bonchev–Trinajstić information content (AvgIpc) is 2.78. The molecule has 0 amide bonds. The van der Waals surface area contributed by atoms with E-state index < -0.39 is 5.79 Å². The maximum Gasteiger partial charge on any atom is 0.187 e. The molecular formula is C15H21NO2. The zero-order valence-electron chi connectivity index (χ0n) is 10.9. The highest BCUT2D eigenvalue weighted by molar-refractivity contribution is 5.10. The van der Waals surface area contributed by atoms with Gasteiger partial charge in [-0.15, -0.1) is 0 Å². The van der Waals surface area contributed by atoms with Crippen LogP contribution in [0.5, 0.6) is 0 Å². The molecule has 0 aromatic rings. The van der Waals surface area contributed by atoms with Crippen LogP contribution in [0.1, 0.15) is 44.9 Å². The van der Waals surface area contributed by atoms with Gasteiger partial charge in [0, 0.05) is 5.41 Å². The zero-order chi connectivity index (χ0) is 12.2. The molecule has 0 N–H and O–H groups in total. The van der Waals surface area contributed by atoms with Crippen LogP contribution in [0.25, 0.3) is 0 Å². The van der Waals surface area contributed by atoms with Crippen LogP contribution in [0.2, 0.25) is 0 Å². The summed E-state index contributed by atoms with van der Waals surface area (Å²) in [7, 11) is 0. The standard InChI is InChI=1S/C15H21NO2/c16-2-1-15(17-3-4-18-15)14-8-11-5-12(9-14)7-13(6-11)10-14/h11-13H,1,3-10H2. The van der Waals surface area contributed by atoms with Crippen molar-refractivity contribution in [3.63, 3.8) is 0 Å². The fourth-order valence-corrected chi connectivity index (χ4v) is 5.73. The Kier molecular flexibility index (Phi) is 2.32. The van der Waals surface area contributed by atoms with Crippen LogP contribution < -0.4 is 0 Å². The van der Waals surface area contributed by atoms with Crippen molar-refractivity contribution in [2.75, 3.05) is 13.2 Å². The minimum atomic E-state index is -0.558. The zero-order valence-corrected chi connectivity index (χ0v) is 10.9. The molecule has 1 heterocycles. The van der Waals surface area contributed by atoms with Crippen LogP contribution in [0, 0.1) is 34.5 Å². The summed E-state index contributed by atoms with van der Waals surface area (Å²) in [4.78, 5) is 0. The summed E-state index contributed by atoms with van der Waals surface area (Å²) in [6.07, 6.45) is 8.38. The third kappa shape index (κ3) is 1.37. The summed E-state index contributed by atoms with van der Waals surface area (Å²) in [6, 6.07) is 2.33. The first-order valence-corrected chi connectivity index (χ1v) is 7.40. The molecule has 4 saturated carbocycles. The fourth-order valence-electron chi connectivity index (χ4n) is 5.73. The molecule has 4 aliphatic carbocycles. The lowest BCUT2D eigenvalue weighted by atomic mass is 9.47. The molecule has 0 spiro atoms. The molecule has 1 aliphatic heterocycles. The van der Waals surface area contributed by atoms with Gasteiger partial charge in [0.15, 0.2) is 5.79 Å². The Labute approximate surface area is 108 Å². The molecule has 0 radical (unpaired) electrons. The van der Waals surface area contributed by atoms with Gasteiger partial charge >= 0.3 is 0 Å². The third-order valence-electron chi connectivity index (χ3n) is 5.91. The summed E-state index contributed by atoms with van der Waals surface area (Å²) < 4.78 is 12.0. The van der Waals surface area contributed by atoms with Crippen LogP contribution in [0.3, 0.4) is 0 Å². The lowest BCUT2D eigenvalue weighted by Gasteiger charge is -2.61. The highest BCUT2D eigenvalue weighted by Crippen LogP contribution is 2.65. The third-order valence-corrected chi connectivity index (χ3v) is 5.91. The fraction of sp³-hybridized carbons (Fsp3) is 0.933. The van der Waals surface area contributed by atoms with Gasteiger partial charge in [-0.3, -0.25) is 0 Å². The molecule has 3 heteroatoms. The number of hydrogen-bond donors (Lipinski definition) is 0. The summed E-state index contributed by atoms with van der Waals surface area (Å²) in [5, 5.41) is 9.18. The lowest BCUT2D eigenvalue weighted by molar-refractivity contribution is -0.278.